The van der Waals surface area contributed by atoms with E-state index in [0.717, 1.165) is 31.4 Å². The molecule has 0 N–H and O–H groups in total. The third-order valence-corrected chi connectivity index (χ3v) is 6.85. The fraction of sp³-hybridized carbons (Fsp3) is 0.652. The number of carbonyl (C=O) groups is 2. The Morgan fingerprint density at radius 2 is 2.10 bits per heavy atom. The van der Waals surface area contributed by atoms with Gasteiger partial charge in [0.1, 0.15) is 5.82 Å². The van der Waals surface area contributed by atoms with Gasteiger partial charge in [-0.2, -0.15) is 0 Å². The van der Waals surface area contributed by atoms with Gasteiger partial charge < -0.3 is 14.5 Å². The molecule has 0 radical (unpaired) electrons. The maximum Gasteiger partial charge on any atom is 0.224 e. The van der Waals surface area contributed by atoms with Gasteiger partial charge in [-0.1, -0.05) is 12.1 Å². The van der Waals surface area contributed by atoms with Crippen LogP contribution in [0.2, 0.25) is 0 Å². The highest BCUT2D eigenvalue weighted by Gasteiger charge is 2.49. The zero-order chi connectivity index (χ0) is 20.4. The highest BCUT2D eigenvalue weighted by atomic mass is 19.1. The first-order chi connectivity index (χ1) is 14.1. The van der Waals surface area contributed by atoms with E-state index in [1.54, 1.807) is 12.1 Å². The van der Waals surface area contributed by atoms with Crippen molar-refractivity contribution in [1.29, 1.82) is 0 Å². The van der Waals surface area contributed by atoms with Crippen LogP contribution < -0.4 is 0 Å². The van der Waals surface area contributed by atoms with E-state index in [1.165, 1.54) is 6.07 Å². The molecular formula is C23H31FN2O3. The summed E-state index contributed by atoms with van der Waals surface area (Å²) >= 11 is 0. The molecule has 1 aromatic carbocycles. The Labute approximate surface area is 172 Å². The zero-order valence-electron chi connectivity index (χ0n) is 17.2. The second-order valence-corrected chi connectivity index (χ2v) is 8.66. The fourth-order valence-electron chi connectivity index (χ4n) is 5.61. The van der Waals surface area contributed by atoms with Crippen molar-refractivity contribution < 1.29 is 18.7 Å². The molecule has 0 aromatic heterocycles. The number of ether oxygens (including phenoxy) is 1. The summed E-state index contributed by atoms with van der Waals surface area (Å²) in [7, 11) is 0. The van der Waals surface area contributed by atoms with E-state index >= 15 is 0 Å². The van der Waals surface area contributed by atoms with Crippen molar-refractivity contribution in [2.45, 2.75) is 57.5 Å². The number of benzene rings is 1. The average molecular weight is 403 g/mol. The van der Waals surface area contributed by atoms with Gasteiger partial charge in [0.05, 0.1) is 13.0 Å². The molecule has 3 aliphatic heterocycles. The maximum atomic E-state index is 13.8. The second-order valence-electron chi connectivity index (χ2n) is 8.66. The van der Waals surface area contributed by atoms with Crippen LogP contribution in [0.5, 0.6) is 0 Å². The summed E-state index contributed by atoms with van der Waals surface area (Å²) in [4.78, 5) is 29.7. The predicted molar refractivity (Wildman–Crippen MR) is 108 cm³/mol. The number of halogens is 1. The number of amides is 2. The van der Waals surface area contributed by atoms with Crippen LogP contribution >= 0.6 is 0 Å². The van der Waals surface area contributed by atoms with E-state index in [4.69, 9.17) is 4.74 Å². The molecule has 3 heterocycles. The highest BCUT2D eigenvalue weighted by Crippen LogP contribution is 2.42. The molecule has 3 fully saturated rings. The zero-order valence-corrected chi connectivity index (χ0v) is 17.2. The van der Waals surface area contributed by atoms with E-state index in [1.807, 2.05) is 17.9 Å². The van der Waals surface area contributed by atoms with Crippen LogP contribution in [0.4, 0.5) is 4.39 Å². The lowest BCUT2D eigenvalue weighted by Gasteiger charge is -2.56. The summed E-state index contributed by atoms with van der Waals surface area (Å²) in [6.45, 7) is 4.43. The first-order valence-electron chi connectivity index (χ1n) is 11.0. The van der Waals surface area contributed by atoms with E-state index in [-0.39, 0.29) is 35.6 Å². The molecule has 6 heteroatoms. The number of fused-ring (bicyclic) bond motifs is 4. The Bertz CT molecular complexity index is 755. The molecule has 4 atom stereocenters. The van der Waals surface area contributed by atoms with Crippen molar-refractivity contribution in [3.63, 3.8) is 0 Å². The fourth-order valence-corrected chi connectivity index (χ4v) is 5.61. The van der Waals surface area contributed by atoms with Gasteiger partial charge in [-0.05, 0) is 62.1 Å². The molecule has 3 saturated heterocycles. The van der Waals surface area contributed by atoms with Crippen LogP contribution in [0.15, 0.2) is 24.3 Å². The molecule has 5 nitrogen and oxygen atoms in total. The third-order valence-electron chi connectivity index (χ3n) is 6.85. The first kappa shape index (κ1) is 20.3. The minimum Gasteiger partial charge on any atom is -0.381 e. The highest BCUT2D eigenvalue weighted by molar-refractivity contribution is 5.79. The van der Waals surface area contributed by atoms with E-state index < -0.39 is 0 Å². The summed E-state index contributed by atoms with van der Waals surface area (Å²) in [5.41, 5.74) is 0.922. The third kappa shape index (κ3) is 4.32. The first-order valence-corrected chi connectivity index (χ1v) is 11.0. The van der Waals surface area contributed by atoms with Gasteiger partial charge >= 0.3 is 0 Å². The van der Waals surface area contributed by atoms with Gasteiger partial charge in [0.2, 0.25) is 11.8 Å². The minimum absolute atomic E-state index is 0.0355. The van der Waals surface area contributed by atoms with Crippen molar-refractivity contribution in [1.82, 2.24) is 9.80 Å². The summed E-state index contributed by atoms with van der Waals surface area (Å²) < 4.78 is 19.1. The number of likely N-dealkylation sites (tertiary alicyclic amines) is 1. The largest absolute Gasteiger partial charge is 0.381 e. The molecule has 0 spiro atoms. The number of hydrogen-bond acceptors (Lipinski definition) is 3. The van der Waals surface area contributed by atoms with E-state index in [2.05, 4.69) is 4.90 Å². The minimum atomic E-state index is -0.242. The van der Waals surface area contributed by atoms with Gasteiger partial charge in [0, 0.05) is 38.2 Å². The molecular weight excluding hydrogens is 371 g/mol. The number of nitrogens with zero attached hydrogens (tertiary/aromatic N) is 2. The molecule has 2 bridgehead atoms. The van der Waals surface area contributed by atoms with Gasteiger partial charge in [-0.25, -0.2) is 4.39 Å². The quantitative estimate of drug-likeness (QED) is 0.688. The number of rotatable bonds is 6. The molecule has 3 aliphatic rings. The van der Waals surface area contributed by atoms with Gasteiger partial charge in [0.15, 0.2) is 0 Å². The molecule has 0 aliphatic carbocycles. The Balaban J connectivity index is 1.55. The molecule has 0 unspecified atom stereocenters. The number of hydrogen-bond donors (Lipinski definition) is 0. The Morgan fingerprint density at radius 1 is 1.28 bits per heavy atom. The Morgan fingerprint density at radius 3 is 2.90 bits per heavy atom. The van der Waals surface area contributed by atoms with E-state index in [9.17, 15) is 14.0 Å². The van der Waals surface area contributed by atoms with Crippen molar-refractivity contribution >= 4 is 11.8 Å². The van der Waals surface area contributed by atoms with Crippen LogP contribution in [0.3, 0.4) is 0 Å². The van der Waals surface area contributed by atoms with Crippen molar-refractivity contribution in [2.75, 3.05) is 26.3 Å². The van der Waals surface area contributed by atoms with E-state index in [0.29, 0.717) is 44.9 Å². The Hall–Kier alpha value is -1.95. The van der Waals surface area contributed by atoms with Crippen molar-refractivity contribution in [2.24, 2.45) is 11.8 Å². The molecule has 2 amide bonds. The lowest BCUT2D eigenvalue weighted by atomic mass is 9.70. The summed E-state index contributed by atoms with van der Waals surface area (Å²) in [5.74, 6) is 0.722. The summed E-state index contributed by atoms with van der Waals surface area (Å²) in [5, 5.41) is 0. The van der Waals surface area contributed by atoms with Crippen molar-refractivity contribution in [3.8, 4) is 0 Å². The monoisotopic (exact) mass is 402 g/mol. The van der Waals surface area contributed by atoms with Crippen LogP contribution in [0.25, 0.3) is 0 Å². The molecule has 4 rings (SSSR count). The normalized spacial score (nSPS) is 29.0. The topological polar surface area (TPSA) is 49.9 Å². The standard InChI is InChI=1S/C23H31FN2O3/c1-2-29-10-9-22(27)25-14-17-13-18(15-25)21(12-16-5-3-6-19(24)11-16)26-20(17)7-4-8-23(26)28/h3,5-6,11,17-18,20-21H,2,4,7-10,12-15H2,1H3/t17-,18+,20+,21+/m1/s1. The summed E-state index contributed by atoms with van der Waals surface area (Å²) in [6.07, 6.45) is 4.64. The molecule has 0 saturated carbocycles. The van der Waals surface area contributed by atoms with Crippen LogP contribution in [0.1, 0.15) is 44.6 Å². The Kier molecular flexibility index (Phi) is 6.18. The van der Waals surface area contributed by atoms with Gasteiger partial charge in [-0.15, -0.1) is 0 Å². The molecule has 1 aromatic rings. The lowest BCUT2D eigenvalue weighted by Crippen LogP contribution is -2.66. The lowest BCUT2D eigenvalue weighted by molar-refractivity contribution is -0.156. The van der Waals surface area contributed by atoms with Crippen LogP contribution in [-0.2, 0) is 20.7 Å². The van der Waals surface area contributed by atoms with Gasteiger partial charge in [0.25, 0.3) is 0 Å². The smallest absolute Gasteiger partial charge is 0.224 e. The molecule has 158 valence electrons. The van der Waals surface area contributed by atoms with Crippen molar-refractivity contribution in [3.05, 3.63) is 35.6 Å². The second kappa shape index (κ2) is 8.82. The van der Waals surface area contributed by atoms with Crippen LogP contribution in [0, 0.1) is 17.7 Å². The maximum absolute atomic E-state index is 13.8. The number of piperidine rings is 3. The van der Waals surface area contributed by atoms with Gasteiger partial charge in [-0.3, -0.25) is 9.59 Å². The predicted octanol–water partition coefficient (Wildman–Crippen LogP) is 3.02. The average Bonchev–Trinajstić information content (AvgIpc) is 2.71. The number of carbonyl (C=O) groups excluding carboxylic acids is 2. The summed E-state index contributed by atoms with van der Waals surface area (Å²) in [6, 6.07) is 6.93. The SMILES string of the molecule is CCOCCC(=O)N1C[C@H]2C[C@@H](C1)[C@H](Cc1cccc(F)c1)N1C(=O)CCC[C@@H]21. The van der Waals surface area contributed by atoms with Crippen LogP contribution in [-0.4, -0.2) is 60.0 Å². The molecule has 29 heavy (non-hydrogen) atoms.